The lowest BCUT2D eigenvalue weighted by Gasteiger charge is -2.39. The van der Waals surface area contributed by atoms with Crippen LogP contribution in [0.1, 0.15) is 67.8 Å². The van der Waals surface area contributed by atoms with Crippen LogP contribution in [0.3, 0.4) is 0 Å². The minimum Gasteiger partial charge on any atom is -0.311 e. The second-order valence-corrected chi connectivity index (χ2v) is 6.82. The number of benzene rings is 1. The summed E-state index contributed by atoms with van der Waals surface area (Å²) in [5.41, 5.74) is 2.27. The fourth-order valence-corrected chi connectivity index (χ4v) is 3.93. The topological polar surface area (TPSA) is 29.1 Å². The molecule has 2 nitrogen and oxygen atoms in total. The smallest absolute Gasteiger partial charge is 0.166 e. The highest BCUT2D eigenvalue weighted by molar-refractivity contribution is 5.98. The Hall–Kier alpha value is -1.15. The molecule has 2 fully saturated rings. The van der Waals surface area contributed by atoms with Gasteiger partial charge in [-0.05, 0) is 44.1 Å². The summed E-state index contributed by atoms with van der Waals surface area (Å²) in [6.07, 6.45) is 9.47. The van der Waals surface area contributed by atoms with Gasteiger partial charge in [0.2, 0.25) is 0 Å². The maximum Gasteiger partial charge on any atom is 0.166 e. The van der Waals surface area contributed by atoms with E-state index in [1.54, 1.807) is 0 Å². The molecule has 2 heterocycles. The first-order valence-electron chi connectivity index (χ1n) is 8.65. The highest BCUT2D eigenvalue weighted by Gasteiger charge is 2.34. The third kappa shape index (κ3) is 3.55. The van der Waals surface area contributed by atoms with Gasteiger partial charge in [0.05, 0.1) is 0 Å². The van der Waals surface area contributed by atoms with E-state index in [0.717, 1.165) is 24.8 Å². The van der Waals surface area contributed by atoms with Crippen molar-refractivity contribution >= 4 is 5.78 Å². The molecule has 114 valence electrons. The van der Waals surface area contributed by atoms with E-state index in [0.29, 0.717) is 17.9 Å². The lowest BCUT2D eigenvalue weighted by Crippen LogP contribution is -2.50. The number of Topliss-reactive ketones (excluding diaryl/α,β-unsaturated/α-hetero) is 1. The lowest BCUT2D eigenvalue weighted by molar-refractivity contribution is 0.0825. The van der Waals surface area contributed by atoms with Crippen molar-refractivity contribution < 1.29 is 4.79 Å². The summed E-state index contributed by atoms with van der Waals surface area (Å²) in [6.45, 7) is 2.21. The Morgan fingerprint density at radius 3 is 2.43 bits per heavy atom. The Morgan fingerprint density at radius 1 is 1.14 bits per heavy atom. The van der Waals surface area contributed by atoms with Gasteiger partial charge < -0.3 is 5.32 Å². The summed E-state index contributed by atoms with van der Waals surface area (Å²) in [7, 11) is 0. The Labute approximate surface area is 128 Å². The zero-order valence-corrected chi connectivity index (χ0v) is 13.1. The van der Waals surface area contributed by atoms with E-state index >= 15 is 0 Å². The molecule has 0 amide bonds. The first-order valence-corrected chi connectivity index (χ1v) is 8.65. The van der Waals surface area contributed by atoms with Gasteiger partial charge in [0.1, 0.15) is 0 Å². The van der Waals surface area contributed by atoms with Crippen molar-refractivity contribution in [2.75, 3.05) is 0 Å². The average Bonchev–Trinajstić information content (AvgIpc) is 2.52. The largest absolute Gasteiger partial charge is 0.311 e. The highest BCUT2D eigenvalue weighted by atomic mass is 16.1. The number of carbonyl (C=O) groups is 1. The molecule has 0 radical (unpaired) electrons. The van der Waals surface area contributed by atoms with Crippen LogP contribution in [0.4, 0.5) is 0 Å². The van der Waals surface area contributed by atoms with Gasteiger partial charge >= 0.3 is 0 Å². The number of piperidine rings is 2. The predicted octanol–water partition coefficient (Wildman–Crippen LogP) is 4.13. The van der Waals surface area contributed by atoms with Crippen molar-refractivity contribution in [3.05, 3.63) is 35.4 Å². The van der Waals surface area contributed by atoms with Crippen LogP contribution in [-0.2, 0) is 6.42 Å². The van der Waals surface area contributed by atoms with Crippen LogP contribution in [0.2, 0.25) is 0 Å². The Bertz CT molecular complexity index is 467. The quantitative estimate of drug-likeness (QED) is 0.824. The van der Waals surface area contributed by atoms with E-state index in [2.05, 4.69) is 24.4 Å². The number of ketones is 1. The summed E-state index contributed by atoms with van der Waals surface area (Å²) >= 11 is 0. The van der Waals surface area contributed by atoms with Gasteiger partial charge in [-0.1, -0.05) is 44.0 Å². The molecule has 1 aromatic carbocycles. The summed E-state index contributed by atoms with van der Waals surface area (Å²) in [5.74, 6) is 0.610. The minimum absolute atomic E-state index is 0.239. The molecule has 2 bridgehead atoms. The molecule has 0 saturated carbocycles. The van der Waals surface area contributed by atoms with Gasteiger partial charge in [0.25, 0.3) is 0 Å². The zero-order valence-electron chi connectivity index (χ0n) is 13.1. The third-order valence-corrected chi connectivity index (χ3v) is 5.14. The molecule has 2 aliphatic rings. The minimum atomic E-state index is 0.239. The van der Waals surface area contributed by atoms with Crippen molar-refractivity contribution in [3.63, 3.8) is 0 Å². The molecule has 1 aromatic rings. The van der Waals surface area contributed by atoms with Crippen molar-refractivity contribution in [2.45, 2.75) is 70.4 Å². The van der Waals surface area contributed by atoms with E-state index in [4.69, 9.17) is 0 Å². The number of fused-ring (bicyclic) bond motifs is 2. The van der Waals surface area contributed by atoms with Gasteiger partial charge in [0, 0.05) is 23.6 Å². The van der Waals surface area contributed by atoms with Crippen LogP contribution in [0, 0.1) is 5.92 Å². The number of hydrogen-bond donors (Lipinski definition) is 1. The maximum absolute atomic E-state index is 12.7. The van der Waals surface area contributed by atoms with Crippen LogP contribution in [0.25, 0.3) is 0 Å². The first-order chi connectivity index (χ1) is 10.3. The van der Waals surface area contributed by atoms with E-state index in [1.807, 2.05) is 12.1 Å². The Kier molecular flexibility index (Phi) is 4.74. The number of nitrogens with one attached hydrogen (secondary N) is 1. The van der Waals surface area contributed by atoms with Gasteiger partial charge in [-0.25, -0.2) is 0 Å². The Balaban J connectivity index is 1.64. The van der Waals surface area contributed by atoms with E-state index in [9.17, 15) is 4.79 Å². The second-order valence-electron chi connectivity index (χ2n) is 6.82. The number of hydrogen-bond acceptors (Lipinski definition) is 2. The third-order valence-electron chi connectivity index (χ3n) is 5.14. The van der Waals surface area contributed by atoms with Gasteiger partial charge in [-0.3, -0.25) is 4.79 Å². The molecule has 1 N–H and O–H groups in total. The molecule has 2 heteroatoms. The normalized spacial score (nSPS) is 28.3. The van der Waals surface area contributed by atoms with E-state index in [-0.39, 0.29) is 5.92 Å². The summed E-state index contributed by atoms with van der Waals surface area (Å²) < 4.78 is 0. The Morgan fingerprint density at radius 2 is 1.81 bits per heavy atom. The molecular formula is C19H27NO. The highest BCUT2D eigenvalue weighted by Crippen LogP contribution is 2.31. The molecule has 3 rings (SSSR count). The molecule has 2 aliphatic heterocycles. The van der Waals surface area contributed by atoms with Crippen molar-refractivity contribution in [1.29, 1.82) is 0 Å². The zero-order chi connectivity index (χ0) is 14.7. The van der Waals surface area contributed by atoms with Crippen LogP contribution in [0.15, 0.2) is 24.3 Å². The molecule has 0 aliphatic carbocycles. The maximum atomic E-state index is 12.7. The SMILES string of the molecule is CCCCc1ccc(C(=O)C2CC3CCCC(C2)N3)cc1. The van der Waals surface area contributed by atoms with Crippen LogP contribution < -0.4 is 5.32 Å². The summed E-state index contributed by atoms with van der Waals surface area (Å²) in [4.78, 5) is 12.7. The lowest BCUT2D eigenvalue weighted by atomic mass is 9.77. The number of aryl methyl sites for hydroxylation is 1. The van der Waals surface area contributed by atoms with Gasteiger partial charge in [-0.15, -0.1) is 0 Å². The monoisotopic (exact) mass is 285 g/mol. The molecule has 21 heavy (non-hydrogen) atoms. The molecular weight excluding hydrogens is 258 g/mol. The predicted molar refractivity (Wildman–Crippen MR) is 86.7 cm³/mol. The van der Waals surface area contributed by atoms with Crippen LogP contribution in [0.5, 0.6) is 0 Å². The number of rotatable bonds is 5. The summed E-state index contributed by atoms with van der Waals surface area (Å²) in [6, 6.07) is 9.54. The van der Waals surface area contributed by atoms with E-state index < -0.39 is 0 Å². The van der Waals surface area contributed by atoms with E-state index in [1.165, 1.54) is 37.7 Å². The number of carbonyl (C=O) groups excluding carboxylic acids is 1. The van der Waals surface area contributed by atoms with Crippen molar-refractivity contribution in [1.82, 2.24) is 5.32 Å². The second kappa shape index (κ2) is 6.74. The molecule has 2 saturated heterocycles. The standard InChI is InChI=1S/C19H27NO/c1-2-3-5-14-8-10-15(11-9-14)19(21)16-12-17-6-4-7-18(13-16)20-17/h8-11,16-18,20H,2-7,12-13H2,1H3. The first kappa shape index (κ1) is 14.8. The molecule has 0 aromatic heterocycles. The molecule has 0 spiro atoms. The van der Waals surface area contributed by atoms with Crippen molar-refractivity contribution in [3.8, 4) is 0 Å². The number of unbranched alkanes of at least 4 members (excludes halogenated alkanes) is 1. The fraction of sp³-hybridized carbons (Fsp3) is 0.632. The van der Waals surface area contributed by atoms with Crippen LogP contribution >= 0.6 is 0 Å². The fourth-order valence-electron chi connectivity index (χ4n) is 3.93. The average molecular weight is 285 g/mol. The van der Waals surface area contributed by atoms with Crippen molar-refractivity contribution in [2.24, 2.45) is 5.92 Å². The molecule has 2 unspecified atom stereocenters. The van der Waals surface area contributed by atoms with Gasteiger partial charge in [-0.2, -0.15) is 0 Å². The van der Waals surface area contributed by atoms with Gasteiger partial charge in [0.15, 0.2) is 5.78 Å². The molecule has 2 atom stereocenters. The van der Waals surface area contributed by atoms with Crippen LogP contribution in [-0.4, -0.2) is 17.9 Å². The summed E-state index contributed by atoms with van der Waals surface area (Å²) in [5, 5.41) is 3.67.